The highest BCUT2D eigenvalue weighted by Crippen LogP contribution is 1.99. The second kappa shape index (κ2) is 5.22. The van der Waals surface area contributed by atoms with Crippen LogP contribution in [0.4, 0.5) is 0 Å². The van der Waals surface area contributed by atoms with E-state index >= 15 is 0 Å². The zero-order chi connectivity index (χ0) is 6.41. The van der Waals surface area contributed by atoms with Crippen molar-refractivity contribution in [2.75, 3.05) is 5.33 Å². The number of terminal acetylenes is 1. The van der Waals surface area contributed by atoms with Gasteiger partial charge in [-0.05, 0) is 11.8 Å². The molecule has 0 nitrogen and oxygen atoms in total. The van der Waals surface area contributed by atoms with Crippen molar-refractivity contribution >= 4 is 31.9 Å². The van der Waals surface area contributed by atoms with Crippen LogP contribution in [-0.4, -0.2) is 10.2 Å². The van der Waals surface area contributed by atoms with Crippen LogP contribution in [0.25, 0.3) is 0 Å². The monoisotopic (exact) mass is 234 g/mol. The normalized spacial score (nSPS) is 10.6. The van der Waals surface area contributed by atoms with E-state index in [1.165, 1.54) is 0 Å². The van der Waals surface area contributed by atoms with Gasteiger partial charge in [0.1, 0.15) is 0 Å². The first-order valence-corrected chi connectivity index (χ1v) is 4.01. The van der Waals surface area contributed by atoms with Gasteiger partial charge in [-0.15, -0.1) is 6.42 Å². The Hall–Kier alpha value is 0.0800. The molecule has 0 aliphatic heterocycles. The molecular formula is C6H4Br2. The van der Waals surface area contributed by atoms with Crippen LogP contribution in [0.2, 0.25) is 0 Å². The van der Waals surface area contributed by atoms with Gasteiger partial charge in [0, 0.05) is 5.33 Å². The van der Waals surface area contributed by atoms with Crippen LogP contribution in [0, 0.1) is 24.2 Å². The minimum atomic E-state index is 0.179. The molecule has 1 atom stereocenters. The maximum atomic E-state index is 4.87. The number of halogens is 2. The van der Waals surface area contributed by atoms with Gasteiger partial charge in [0.15, 0.2) is 0 Å². The quantitative estimate of drug-likeness (QED) is 0.480. The molecule has 0 saturated heterocycles. The van der Waals surface area contributed by atoms with E-state index in [9.17, 15) is 0 Å². The van der Waals surface area contributed by atoms with Crippen LogP contribution in [0.15, 0.2) is 0 Å². The molecule has 0 saturated carbocycles. The molecular weight excluding hydrogens is 232 g/mol. The Morgan fingerprint density at radius 1 is 1.62 bits per heavy atom. The molecule has 0 aliphatic carbocycles. The van der Waals surface area contributed by atoms with Crippen LogP contribution in [0.5, 0.6) is 0 Å². The molecule has 0 amide bonds. The van der Waals surface area contributed by atoms with Crippen LogP contribution < -0.4 is 0 Å². The highest BCUT2D eigenvalue weighted by molar-refractivity contribution is 9.12. The summed E-state index contributed by atoms with van der Waals surface area (Å²) in [6.07, 6.45) is 4.87. The van der Waals surface area contributed by atoms with E-state index in [-0.39, 0.29) is 4.83 Å². The molecule has 0 fully saturated rings. The predicted molar refractivity (Wildman–Crippen MR) is 43.1 cm³/mol. The average molecular weight is 236 g/mol. The first-order chi connectivity index (χ1) is 3.81. The first kappa shape index (κ1) is 8.08. The lowest BCUT2D eigenvalue weighted by atomic mass is 10.5. The molecule has 1 unspecified atom stereocenters. The topological polar surface area (TPSA) is 0 Å². The number of hydrogen-bond donors (Lipinski definition) is 0. The molecule has 0 aromatic heterocycles. The van der Waals surface area contributed by atoms with Crippen LogP contribution >= 0.6 is 31.9 Å². The van der Waals surface area contributed by atoms with E-state index in [1.54, 1.807) is 0 Å². The molecule has 2 heteroatoms. The SMILES string of the molecule is C#CC#CC(Br)CBr. The van der Waals surface area contributed by atoms with Gasteiger partial charge < -0.3 is 0 Å². The molecule has 8 heavy (non-hydrogen) atoms. The molecule has 0 aromatic rings. The lowest BCUT2D eigenvalue weighted by molar-refractivity contribution is 1.37. The number of alkyl halides is 2. The lowest BCUT2D eigenvalue weighted by Crippen LogP contribution is -1.91. The maximum Gasteiger partial charge on any atom is 0.0861 e. The Labute approximate surface area is 66.3 Å². The van der Waals surface area contributed by atoms with Crippen molar-refractivity contribution in [3.05, 3.63) is 0 Å². The predicted octanol–water partition coefficient (Wildman–Crippen LogP) is 1.78. The molecule has 0 spiro atoms. The van der Waals surface area contributed by atoms with Gasteiger partial charge in [-0.3, -0.25) is 0 Å². The van der Waals surface area contributed by atoms with Crippen LogP contribution in [-0.2, 0) is 0 Å². The summed E-state index contributed by atoms with van der Waals surface area (Å²) in [5, 5.41) is 0.807. The van der Waals surface area contributed by atoms with Crippen molar-refractivity contribution in [2.45, 2.75) is 4.83 Å². The van der Waals surface area contributed by atoms with Gasteiger partial charge in [-0.1, -0.05) is 37.8 Å². The fraction of sp³-hybridized carbons (Fsp3) is 0.333. The van der Waals surface area contributed by atoms with E-state index in [0.29, 0.717) is 0 Å². The summed E-state index contributed by atoms with van der Waals surface area (Å²) in [6.45, 7) is 0. The third-order valence-corrected chi connectivity index (χ3v) is 2.51. The molecule has 0 heterocycles. The smallest absolute Gasteiger partial charge is 0.0861 e. The minimum absolute atomic E-state index is 0.179. The van der Waals surface area contributed by atoms with Crippen molar-refractivity contribution in [3.63, 3.8) is 0 Å². The second-order valence-corrected chi connectivity index (χ2v) is 2.79. The Balaban J connectivity index is 3.55. The van der Waals surface area contributed by atoms with Crippen molar-refractivity contribution in [2.24, 2.45) is 0 Å². The molecule has 0 aliphatic rings. The van der Waals surface area contributed by atoms with Crippen LogP contribution in [0.1, 0.15) is 0 Å². The molecule has 0 bridgehead atoms. The average Bonchev–Trinajstić information content (AvgIpc) is 1.83. The zero-order valence-corrected chi connectivity index (χ0v) is 7.29. The van der Waals surface area contributed by atoms with Gasteiger partial charge in [-0.25, -0.2) is 0 Å². The zero-order valence-electron chi connectivity index (χ0n) is 4.12. The van der Waals surface area contributed by atoms with Gasteiger partial charge in [0.05, 0.1) is 4.83 Å². The van der Waals surface area contributed by atoms with E-state index < -0.39 is 0 Å². The summed E-state index contributed by atoms with van der Waals surface area (Å²) in [4.78, 5) is 0.179. The Bertz CT molecular complexity index is 144. The van der Waals surface area contributed by atoms with Gasteiger partial charge in [0.25, 0.3) is 0 Å². The molecule has 0 N–H and O–H groups in total. The highest BCUT2D eigenvalue weighted by atomic mass is 79.9. The van der Waals surface area contributed by atoms with E-state index in [1.807, 2.05) is 0 Å². The van der Waals surface area contributed by atoms with Crippen molar-refractivity contribution < 1.29 is 0 Å². The Morgan fingerprint density at radius 3 is 2.62 bits per heavy atom. The van der Waals surface area contributed by atoms with Gasteiger partial charge in [-0.2, -0.15) is 0 Å². The van der Waals surface area contributed by atoms with Gasteiger partial charge >= 0.3 is 0 Å². The summed E-state index contributed by atoms with van der Waals surface area (Å²) in [7, 11) is 0. The number of hydrogen-bond acceptors (Lipinski definition) is 0. The summed E-state index contributed by atoms with van der Waals surface area (Å²) < 4.78 is 0. The summed E-state index contributed by atoms with van der Waals surface area (Å²) in [5.74, 6) is 7.49. The largest absolute Gasteiger partial charge is 0.106 e. The summed E-state index contributed by atoms with van der Waals surface area (Å²) in [5.41, 5.74) is 0. The lowest BCUT2D eigenvalue weighted by Gasteiger charge is -1.87. The van der Waals surface area contributed by atoms with E-state index in [0.717, 1.165) is 5.33 Å². The second-order valence-electron chi connectivity index (χ2n) is 1.04. The fourth-order valence-corrected chi connectivity index (χ4v) is 0.435. The standard InChI is InChI=1S/C6H4Br2/c1-2-3-4-6(8)5-7/h1,6H,5H2. The van der Waals surface area contributed by atoms with Crippen molar-refractivity contribution in [3.8, 4) is 24.2 Å². The number of rotatable bonds is 1. The van der Waals surface area contributed by atoms with E-state index in [4.69, 9.17) is 6.42 Å². The van der Waals surface area contributed by atoms with Crippen molar-refractivity contribution in [1.82, 2.24) is 0 Å². The highest BCUT2D eigenvalue weighted by Gasteiger charge is 1.90. The van der Waals surface area contributed by atoms with Gasteiger partial charge in [0.2, 0.25) is 0 Å². The first-order valence-electron chi connectivity index (χ1n) is 1.97. The summed E-state index contributed by atoms with van der Waals surface area (Å²) in [6, 6.07) is 0. The Kier molecular flexibility index (Phi) is 5.27. The molecule has 0 aromatic carbocycles. The van der Waals surface area contributed by atoms with Crippen molar-refractivity contribution in [1.29, 1.82) is 0 Å². The minimum Gasteiger partial charge on any atom is -0.106 e. The maximum absolute atomic E-state index is 4.87. The fourth-order valence-electron chi connectivity index (χ4n) is 0.159. The molecule has 0 radical (unpaired) electrons. The third kappa shape index (κ3) is 4.24. The van der Waals surface area contributed by atoms with Crippen LogP contribution in [0.3, 0.4) is 0 Å². The summed E-state index contributed by atoms with van der Waals surface area (Å²) >= 11 is 6.49. The Morgan fingerprint density at radius 2 is 2.25 bits per heavy atom. The van der Waals surface area contributed by atoms with E-state index in [2.05, 4.69) is 49.6 Å². The third-order valence-electron chi connectivity index (χ3n) is 0.436. The molecule has 42 valence electrons. The molecule has 0 rings (SSSR count).